The van der Waals surface area contributed by atoms with Crippen molar-refractivity contribution in [3.8, 4) is 0 Å². The minimum atomic E-state index is -0.105. The fraction of sp³-hybridized carbons (Fsp3) is 0.294. The number of aromatic nitrogens is 2. The van der Waals surface area contributed by atoms with Crippen LogP contribution in [0, 0.1) is 0 Å². The molecule has 1 aromatic carbocycles. The highest BCUT2D eigenvalue weighted by molar-refractivity contribution is 7.19. The maximum absolute atomic E-state index is 5.93. The zero-order chi connectivity index (χ0) is 15.6. The number of hydrogen-bond acceptors (Lipinski definition) is 6. The number of anilines is 1. The number of morpholine rings is 1. The quantitative estimate of drug-likeness (QED) is 0.802. The van der Waals surface area contributed by atoms with Crippen molar-refractivity contribution in [3.05, 3.63) is 53.3 Å². The SMILES string of the molecule is Nc1nccnc1C1CN(Cc2cc3ccccc3s2)CCO1. The maximum atomic E-state index is 5.93. The largest absolute Gasteiger partial charge is 0.382 e. The summed E-state index contributed by atoms with van der Waals surface area (Å²) in [6.45, 7) is 3.33. The third kappa shape index (κ3) is 3.06. The second kappa shape index (κ2) is 6.23. The van der Waals surface area contributed by atoms with Gasteiger partial charge in [-0.05, 0) is 17.5 Å². The normalized spacial score (nSPS) is 19.2. The summed E-state index contributed by atoms with van der Waals surface area (Å²) in [7, 11) is 0. The minimum Gasteiger partial charge on any atom is -0.382 e. The molecule has 23 heavy (non-hydrogen) atoms. The molecular formula is C17H18N4OS. The van der Waals surface area contributed by atoms with Crippen molar-refractivity contribution in [1.29, 1.82) is 0 Å². The molecular weight excluding hydrogens is 308 g/mol. The molecule has 4 rings (SSSR count). The Balaban J connectivity index is 1.50. The molecule has 0 bridgehead atoms. The molecule has 6 heteroatoms. The summed E-state index contributed by atoms with van der Waals surface area (Å²) in [6.07, 6.45) is 3.17. The Morgan fingerprint density at radius 1 is 1.26 bits per heavy atom. The van der Waals surface area contributed by atoms with E-state index >= 15 is 0 Å². The number of hydrogen-bond donors (Lipinski definition) is 1. The van der Waals surface area contributed by atoms with Crippen LogP contribution in [-0.4, -0.2) is 34.6 Å². The van der Waals surface area contributed by atoms with Crippen LogP contribution in [0.3, 0.4) is 0 Å². The first kappa shape index (κ1) is 14.6. The Kier molecular flexibility index (Phi) is 3.95. The highest BCUT2D eigenvalue weighted by Crippen LogP contribution is 2.29. The fourth-order valence-corrected chi connectivity index (χ4v) is 4.06. The number of nitrogens with zero attached hydrogens (tertiary/aromatic N) is 3. The van der Waals surface area contributed by atoms with E-state index in [1.54, 1.807) is 12.4 Å². The zero-order valence-corrected chi connectivity index (χ0v) is 13.5. The van der Waals surface area contributed by atoms with E-state index in [0.717, 1.165) is 25.3 Å². The Hall–Kier alpha value is -2.02. The van der Waals surface area contributed by atoms with Crippen LogP contribution in [0.1, 0.15) is 16.7 Å². The van der Waals surface area contributed by atoms with Gasteiger partial charge >= 0.3 is 0 Å². The molecule has 3 aromatic rings. The lowest BCUT2D eigenvalue weighted by Crippen LogP contribution is -2.38. The van der Waals surface area contributed by atoms with E-state index < -0.39 is 0 Å². The van der Waals surface area contributed by atoms with Gasteiger partial charge in [0, 0.05) is 41.6 Å². The molecule has 1 aliphatic rings. The Bertz CT molecular complexity index is 786. The third-order valence-corrected chi connectivity index (χ3v) is 5.17. The van der Waals surface area contributed by atoms with Crippen LogP contribution in [0.5, 0.6) is 0 Å². The first-order valence-electron chi connectivity index (χ1n) is 7.67. The number of fused-ring (bicyclic) bond motifs is 1. The van der Waals surface area contributed by atoms with Crippen molar-refractivity contribution in [3.63, 3.8) is 0 Å². The van der Waals surface area contributed by atoms with E-state index in [0.29, 0.717) is 12.4 Å². The standard InChI is InChI=1S/C17H18N4OS/c18-17-16(19-5-6-20-17)14-11-21(7-8-22-14)10-13-9-12-3-1-2-4-15(12)23-13/h1-6,9,14H,7-8,10-11H2,(H2,18,20). The van der Waals surface area contributed by atoms with Crippen LogP contribution in [0.25, 0.3) is 10.1 Å². The lowest BCUT2D eigenvalue weighted by molar-refractivity contribution is -0.0344. The van der Waals surface area contributed by atoms with E-state index in [9.17, 15) is 0 Å². The van der Waals surface area contributed by atoms with Crippen LogP contribution in [0.4, 0.5) is 5.82 Å². The van der Waals surface area contributed by atoms with Gasteiger partial charge in [0.05, 0.1) is 6.61 Å². The zero-order valence-electron chi connectivity index (χ0n) is 12.7. The summed E-state index contributed by atoms with van der Waals surface area (Å²) in [6, 6.07) is 10.8. The number of benzene rings is 1. The van der Waals surface area contributed by atoms with Crippen LogP contribution in [0.15, 0.2) is 42.7 Å². The van der Waals surface area contributed by atoms with Gasteiger partial charge in [0.2, 0.25) is 0 Å². The highest BCUT2D eigenvalue weighted by Gasteiger charge is 2.25. The van der Waals surface area contributed by atoms with Crippen LogP contribution < -0.4 is 5.73 Å². The van der Waals surface area contributed by atoms with Crippen molar-refractivity contribution in [2.45, 2.75) is 12.6 Å². The first-order valence-corrected chi connectivity index (χ1v) is 8.49. The molecule has 2 aromatic heterocycles. The predicted octanol–water partition coefficient (Wildman–Crippen LogP) is 2.85. The predicted molar refractivity (Wildman–Crippen MR) is 92.2 cm³/mol. The summed E-state index contributed by atoms with van der Waals surface area (Å²) in [5.74, 6) is 0.459. The topological polar surface area (TPSA) is 64.3 Å². The molecule has 1 saturated heterocycles. The van der Waals surface area contributed by atoms with Gasteiger partial charge in [-0.2, -0.15) is 0 Å². The number of thiophene rings is 1. The van der Waals surface area contributed by atoms with Crippen molar-refractivity contribution in [2.75, 3.05) is 25.4 Å². The fourth-order valence-electron chi connectivity index (χ4n) is 2.95. The van der Waals surface area contributed by atoms with Gasteiger partial charge in [0.15, 0.2) is 0 Å². The molecule has 1 unspecified atom stereocenters. The molecule has 0 amide bonds. The van der Waals surface area contributed by atoms with E-state index in [1.807, 2.05) is 11.3 Å². The lowest BCUT2D eigenvalue weighted by atomic mass is 10.2. The Morgan fingerprint density at radius 3 is 3.00 bits per heavy atom. The Morgan fingerprint density at radius 2 is 2.13 bits per heavy atom. The average Bonchev–Trinajstić information content (AvgIpc) is 2.97. The van der Waals surface area contributed by atoms with Crippen LogP contribution in [-0.2, 0) is 11.3 Å². The van der Waals surface area contributed by atoms with Crippen LogP contribution >= 0.6 is 11.3 Å². The van der Waals surface area contributed by atoms with E-state index in [-0.39, 0.29) is 6.10 Å². The van der Waals surface area contributed by atoms with Gasteiger partial charge in [-0.15, -0.1) is 11.3 Å². The maximum Gasteiger partial charge on any atom is 0.147 e. The molecule has 118 valence electrons. The summed E-state index contributed by atoms with van der Waals surface area (Å²) >= 11 is 1.86. The second-order valence-corrected chi connectivity index (χ2v) is 6.84. The van der Waals surface area contributed by atoms with Gasteiger partial charge in [-0.1, -0.05) is 18.2 Å². The average molecular weight is 326 g/mol. The van der Waals surface area contributed by atoms with Crippen molar-refractivity contribution in [2.24, 2.45) is 0 Å². The molecule has 5 nitrogen and oxygen atoms in total. The molecule has 1 fully saturated rings. The van der Waals surface area contributed by atoms with E-state index in [2.05, 4.69) is 45.2 Å². The molecule has 0 radical (unpaired) electrons. The first-order chi connectivity index (χ1) is 11.3. The molecule has 1 atom stereocenters. The number of nitrogen functional groups attached to an aromatic ring is 1. The molecule has 1 aliphatic heterocycles. The van der Waals surface area contributed by atoms with Crippen molar-refractivity contribution in [1.82, 2.24) is 14.9 Å². The summed E-state index contributed by atoms with van der Waals surface area (Å²) in [4.78, 5) is 12.2. The molecule has 2 N–H and O–H groups in total. The van der Waals surface area contributed by atoms with Crippen molar-refractivity contribution < 1.29 is 4.74 Å². The number of nitrogens with two attached hydrogens (primary N) is 1. The van der Waals surface area contributed by atoms with E-state index in [1.165, 1.54) is 15.0 Å². The lowest BCUT2D eigenvalue weighted by Gasteiger charge is -2.32. The van der Waals surface area contributed by atoms with Gasteiger partial charge in [-0.3, -0.25) is 9.88 Å². The van der Waals surface area contributed by atoms with Gasteiger partial charge in [-0.25, -0.2) is 4.98 Å². The number of ether oxygens (including phenoxy) is 1. The van der Waals surface area contributed by atoms with E-state index in [4.69, 9.17) is 10.5 Å². The summed E-state index contributed by atoms with van der Waals surface area (Å²) in [5.41, 5.74) is 6.67. The van der Waals surface area contributed by atoms with Crippen molar-refractivity contribution >= 4 is 27.2 Å². The second-order valence-electron chi connectivity index (χ2n) is 5.67. The summed E-state index contributed by atoms with van der Waals surface area (Å²) < 4.78 is 7.19. The van der Waals surface area contributed by atoms with Gasteiger partial charge in [0.25, 0.3) is 0 Å². The van der Waals surface area contributed by atoms with Crippen LogP contribution in [0.2, 0.25) is 0 Å². The third-order valence-electron chi connectivity index (χ3n) is 4.07. The molecule has 0 saturated carbocycles. The smallest absolute Gasteiger partial charge is 0.147 e. The van der Waals surface area contributed by atoms with Gasteiger partial charge in [0.1, 0.15) is 17.6 Å². The number of rotatable bonds is 3. The monoisotopic (exact) mass is 326 g/mol. The molecule has 3 heterocycles. The molecule has 0 spiro atoms. The molecule has 0 aliphatic carbocycles. The minimum absolute atomic E-state index is 0.105. The highest BCUT2D eigenvalue weighted by atomic mass is 32.1. The van der Waals surface area contributed by atoms with Gasteiger partial charge < -0.3 is 10.5 Å². The Labute approximate surface area is 138 Å². The summed E-state index contributed by atoms with van der Waals surface area (Å²) in [5, 5.41) is 1.32.